The molecule has 1 amide bonds. The monoisotopic (exact) mass is 301 g/mol. The Morgan fingerprint density at radius 3 is 2.45 bits per heavy atom. The summed E-state index contributed by atoms with van der Waals surface area (Å²) in [6.07, 6.45) is 11.4. The molecule has 2 fully saturated rings. The number of hydrogen-bond donors (Lipinski definition) is 1. The van der Waals surface area contributed by atoms with Gasteiger partial charge in [-0.05, 0) is 62.9 Å². The van der Waals surface area contributed by atoms with Gasteiger partial charge in [-0.15, -0.1) is 0 Å². The first-order chi connectivity index (χ1) is 10.8. The highest BCUT2D eigenvalue weighted by molar-refractivity contribution is 5.87. The predicted molar refractivity (Wildman–Crippen MR) is 87.4 cm³/mol. The molecule has 0 unspecified atom stereocenters. The van der Waals surface area contributed by atoms with Crippen LogP contribution in [0.3, 0.4) is 0 Å². The zero-order valence-electron chi connectivity index (χ0n) is 13.6. The van der Waals surface area contributed by atoms with Crippen LogP contribution in [0.2, 0.25) is 0 Å². The van der Waals surface area contributed by atoms with E-state index < -0.39 is 0 Å². The van der Waals surface area contributed by atoms with Crippen LogP contribution in [0.5, 0.6) is 0 Å². The van der Waals surface area contributed by atoms with Gasteiger partial charge in [-0.2, -0.15) is 0 Å². The Kier molecular flexibility index (Phi) is 4.77. The molecule has 4 nitrogen and oxygen atoms in total. The first-order valence-electron chi connectivity index (χ1n) is 8.72. The lowest BCUT2D eigenvalue weighted by Crippen LogP contribution is -2.56. The number of amides is 1. The summed E-state index contributed by atoms with van der Waals surface area (Å²) >= 11 is 0. The van der Waals surface area contributed by atoms with Crippen molar-refractivity contribution in [1.29, 1.82) is 0 Å². The molecule has 1 aromatic rings. The quantitative estimate of drug-likeness (QED) is 0.909. The standard InChI is InChI=1S/C18H27N3O/c1-2-16(15-7-11-19-12-8-15)20-17(22)18(9-3-4-10-18)21-13-5-6-14-21/h7-8,11-12,16H,2-6,9-10,13-14H2,1H3,(H,20,22)/t16-/m0/s1. The van der Waals surface area contributed by atoms with Crippen LogP contribution in [-0.4, -0.2) is 34.4 Å². The van der Waals surface area contributed by atoms with E-state index in [-0.39, 0.29) is 17.5 Å². The third-order valence-corrected chi connectivity index (χ3v) is 5.39. The van der Waals surface area contributed by atoms with E-state index in [0.29, 0.717) is 0 Å². The van der Waals surface area contributed by atoms with Crippen molar-refractivity contribution in [3.05, 3.63) is 30.1 Å². The fraction of sp³-hybridized carbons (Fsp3) is 0.667. The maximum Gasteiger partial charge on any atom is 0.241 e. The second-order valence-corrected chi connectivity index (χ2v) is 6.65. The highest BCUT2D eigenvalue weighted by Gasteiger charge is 2.47. The molecule has 1 N–H and O–H groups in total. The third kappa shape index (κ3) is 2.89. The lowest BCUT2D eigenvalue weighted by Gasteiger charge is -2.38. The van der Waals surface area contributed by atoms with E-state index >= 15 is 0 Å². The molecule has 0 bridgehead atoms. The maximum atomic E-state index is 13.1. The van der Waals surface area contributed by atoms with Crippen LogP contribution < -0.4 is 5.32 Å². The average molecular weight is 301 g/mol. The molecule has 1 saturated carbocycles. The molecule has 1 aliphatic heterocycles. The van der Waals surface area contributed by atoms with E-state index in [1.165, 1.54) is 25.7 Å². The van der Waals surface area contributed by atoms with E-state index in [1.807, 2.05) is 12.1 Å². The normalized spacial score (nSPS) is 22.6. The number of carbonyl (C=O) groups is 1. The molecule has 4 heteroatoms. The van der Waals surface area contributed by atoms with Crippen LogP contribution >= 0.6 is 0 Å². The Balaban J connectivity index is 1.76. The second-order valence-electron chi connectivity index (χ2n) is 6.65. The molecule has 1 aromatic heterocycles. The Morgan fingerprint density at radius 1 is 1.23 bits per heavy atom. The van der Waals surface area contributed by atoms with Crippen molar-refractivity contribution >= 4 is 5.91 Å². The van der Waals surface area contributed by atoms with Crippen molar-refractivity contribution in [2.75, 3.05) is 13.1 Å². The number of nitrogens with zero attached hydrogens (tertiary/aromatic N) is 2. The molecule has 0 radical (unpaired) electrons. The molecular weight excluding hydrogens is 274 g/mol. The molecule has 1 atom stereocenters. The zero-order valence-corrected chi connectivity index (χ0v) is 13.6. The number of pyridine rings is 1. The molecule has 0 aromatic carbocycles. The van der Waals surface area contributed by atoms with Crippen LogP contribution in [-0.2, 0) is 4.79 Å². The summed E-state index contributed by atoms with van der Waals surface area (Å²) in [7, 11) is 0. The minimum absolute atomic E-state index is 0.0931. The first-order valence-corrected chi connectivity index (χ1v) is 8.72. The Morgan fingerprint density at radius 2 is 1.86 bits per heavy atom. The number of hydrogen-bond acceptors (Lipinski definition) is 3. The molecule has 1 aliphatic carbocycles. The third-order valence-electron chi connectivity index (χ3n) is 5.39. The smallest absolute Gasteiger partial charge is 0.241 e. The maximum absolute atomic E-state index is 13.1. The largest absolute Gasteiger partial charge is 0.348 e. The van der Waals surface area contributed by atoms with Gasteiger partial charge >= 0.3 is 0 Å². The predicted octanol–water partition coefficient (Wildman–Crippen LogP) is 3.06. The summed E-state index contributed by atoms with van der Waals surface area (Å²) in [6, 6.07) is 4.10. The second kappa shape index (κ2) is 6.78. The molecule has 2 aliphatic rings. The minimum atomic E-state index is -0.239. The van der Waals surface area contributed by atoms with Gasteiger partial charge in [0.15, 0.2) is 0 Å². The summed E-state index contributed by atoms with van der Waals surface area (Å²) in [4.78, 5) is 19.7. The summed E-state index contributed by atoms with van der Waals surface area (Å²) in [6.45, 7) is 4.29. The Hall–Kier alpha value is -1.42. The summed E-state index contributed by atoms with van der Waals surface area (Å²) in [5.41, 5.74) is 0.914. The Labute approximate surface area is 133 Å². The van der Waals surface area contributed by atoms with Gasteiger partial charge in [0.2, 0.25) is 5.91 Å². The molecule has 0 spiro atoms. The lowest BCUT2D eigenvalue weighted by molar-refractivity contribution is -0.133. The van der Waals surface area contributed by atoms with Gasteiger partial charge in [0, 0.05) is 12.4 Å². The molecular formula is C18H27N3O. The van der Waals surface area contributed by atoms with Gasteiger partial charge in [0.1, 0.15) is 5.54 Å². The van der Waals surface area contributed by atoms with Crippen molar-refractivity contribution in [2.24, 2.45) is 0 Å². The average Bonchev–Trinajstić information content (AvgIpc) is 3.24. The Bertz CT molecular complexity index is 490. The van der Waals surface area contributed by atoms with Crippen LogP contribution in [0.4, 0.5) is 0 Å². The van der Waals surface area contributed by atoms with Gasteiger partial charge < -0.3 is 5.32 Å². The molecule has 3 rings (SSSR count). The van der Waals surface area contributed by atoms with Crippen LogP contribution in [0.15, 0.2) is 24.5 Å². The van der Waals surface area contributed by atoms with Gasteiger partial charge in [-0.3, -0.25) is 14.7 Å². The molecule has 2 heterocycles. The zero-order chi connectivity index (χ0) is 15.4. The number of rotatable bonds is 5. The highest BCUT2D eigenvalue weighted by atomic mass is 16.2. The van der Waals surface area contributed by atoms with E-state index in [2.05, 4.69) is 22.1 Å². The van der Waals surface area contributed by atoms with E-state index in [0.717, 1.165) is 37.9 Å². The van der Waals surface area contributed by atoms with Crippen molar-refractivity contribution < 1.29 is 4.79 Å². The fourth-order valence-electron chi connectivity index (χ4n) is 4.10. The lowest BCUT2D eigenvalue weighted by atomic mass is 9.92. The van der Waals surface area contributed by atoms with Crippen LogP contribution in [0, 0.1) is 0 Å². The van der Waals surface area contributed by atoms with Crippen molar-refractivity contribution in [2.45, 2.75) is 63.5 Å². The van der Waals surface area contributed by atoms with Gasteiger partial charge in [-0.25, -0.2) is 0 Å². The number of nitrogens with one attached hydrogen (secondary N) is 1. The molecule has 120 valence electrons. The van der Waals surface area contributed by atoms with Gasteiger partial charge in [-0.1, -0.05) is 19.8 Å². The van der Waals surface area contributed by atoms with E-state index in [4.69, 9.17) is 0 Å². The summed E-state index contributed by atoms with van der Waals surface area (Å²) < 4.78 is 0. The topological polar surface area (TPSA) is 45.2 Å². The van der Waals surface area contributed by atoms with Gasteiger partial charge in [0.05, 0.1) is 6.04 Å². The number of aromatic nitrogens is 1. The van der Waals surface area contributed by atoms with Crippen LogP contribution in [0.1, 0.15) is 63.5 Å². The van der Waals surface area contributed by atoms with E-state index in [1.54, 1.807) is 12.4 Å². The van der Waals surface area contributed by atoms with Crippen LogP contribution in [0.25, 0.3) is 0 Å². The highest BCUT2D eigenvalue weighted by Crippen LogP contribution is 2.38. The summed E-state index contributed by atoms with van der Waals surface area (Å²) in [5, 5.41) is 3.33. The molecule has 22 heavy (non-hydrogen) atoms. The fourth-order valence-corrected chi connectivity index (χ4v) is 4.10. The minimum Gasteiger partial charge on any atom is -0.348 e. The van der Waals surface area contributed by atoms with Crippen molar-refractivity contribution in [3.8, 4) is 0 Å². The molecule has 1 saturated heterocycles. The van der Waals surface area contributed by atoms with Crippen molar-refractivity contribution in [3.63, 3.8) is 0 Å². The SMILES string of the molecule is CC[C@H](NC(=O)C1(N2CCCC2)CCCC1)c1ccncc1. The summed E-state index contributed by atoms with van der Waals surface area (Å²) in [5.74, 6) is 0.246. The first kappa shape index (κ1) is 15.5. The van der Waals surface area contributed by atoms with Gasteiger partial charge in [0.25, 0.3) is 0 Å². The van der Waals surface area contributed by atoms with Crippen molar-refractivity contribution in [1.82, 2.24) is 15.2 Å². The number of likely N-dealkylation sites (tertiary alicyclic amines) is 1. The number of carbonyl (C=O) groups excluding carboxylic acids is 1. The van der Waals surface area contributed by atoms with E-state index in [9.17, 15) is 4.79 Å².